The van der Waals surface area contributed by atoms with Crippen LogP contribution >= 0.6 is 0 Å². The van der Waals surface area contributed by atoms with Crippen LogP contribution in [0.1, 0.15) is 6.92 Å². The van der Waals surface area contributed by atoms with Gasteiger partial charge in [-0.1, -0.05) is 18.2 Å². The maximum atomic E-state index is 6.08. The van der Waals surface area contributed by atoms with E-state index in [9.17, 15) is 0 Å². The summed E-state index contributed by atoms with van der Waals surface area (Å²) in [6, 6.07) is 9.61. The third-order valence-corrected chi connectivity index (χ3v) is 3.32. The Balaban J connectivity index is 1.90. The third-order valence-electron chi connectivity index (χ3n) is 3.32. The van der Waals surface area contributed by atoms with Gasteiger partial charge in [-0.25, -0.2) is 4.98 Å². The van der Waals surface area contributed by atoms with Gasteiger partial charge in [-0.2, -0.15) is 9.67 Å². The molecule has 0 spiro atoms. The number of methoxy groups -OCH3 is 1. The number of nitrogens with zero attached hydrogens (tertiary/aromatic N) is 6. The molecule has 1 unspecified atom stereocenters. The largest absolute Gasteiger partial charge is 0.383 e. The topological polar surface area (TPSA) is 117 Å². The molecule has 0 aliphatic heterocycles. The minimum absolute atomic E-state index is 0.0647. The molecule has 9 nitrogen and oxygen atoms in total. The zero-order chi connectivity index (χ0) is 16.9. The van der Waals surface area contributed by atoms with Crippen molar-refractivity contribution in [3.63, 3.8) is 0 Å². The van der Waals surface area contributed by atoms with Gasteiger partial charge in [0.25, 0.3) is 0 Å². The quantitative estimate of drug-likeness (QED) is 0.693. The summed E-state index contributed by atoms with van der Waals surface area (Å²) in [4.78, 5) is 8.56. The number of hydrogen-bond acceptors (Lipinski definition) is 8. The fourth-order valence-corrected chi connectivity index (χ4v) is 2.25. The maximum absolute atomic E-state index is 6.08. The van der Waals surface area contributed by atoms with E-state index in [1.807, 2.05) is 37.3 Å². The van der Waals surface area contributed by atoms with Gasteiger partial charge in [0, 0.05) is 19.3 Å². The predicted molar refractivity (Wildman–Crippen MR) is 89.6 cm³/mol. The van der Waals surface area contributed by atoms with E-state index in [2.05, 4.69) is 30.8 Å². The van der Waals surface area contributed by atoms with E-state index >= 15 is 0 Å². The summed E-state index contributed by atoms with van der Waals surface area (Å²) < 4.78 is 6.67. The number of ether oxygens (including phenoxy) is 1. The van der Waals surface area contributed by atoms with E-state index in [1.165, 1.54) is 0 Å². The molecule has 0 saturated heterocycles. The second kappa shape index (κ2) is 7.01. The van der Waals surface area contributed by atoms with Crippen molar-refractivity contribution in [2.75, 3.05) is 24.8 Å². The summed E-state index contributed by atoms with van der Waals surface area (Å²) in [5.41, 5.74) is 7.47. The van der Waals surface area contributed by atoms with E-state index in [0.29, 0.717) is 29.8 Å². The smallest absolute Gasteiger partial charge is 0.224 e. The van der Waals surface area contributed by atoms with Crippen molar-refractivity contribution in [3.05, 3.63) is 36.5 Å². The first-order chi connectivity index (χ1) is 11.7. The number of hydrogen-bond donors (Lipinski definition) is 2. The Labute approximate surface area is 138 Å². The summed E-state index contributed by atoms with van der Waals surface area (Å²) >= 11 is 0. The lowest BCUT2D eigenvalue weighted by Gasteiger charge is -2.13. The van der Waals surface area contributed by atoms with E-state index in [4.69, 9.17) is 10.5 Å². The number of anilines is 2. The molecule has 2 aromatic heterocycles. The molecule has 0 bridgehead atoms. The molecule has 2 heterocycles. The Morgan fingerprint density at radius 2 is 2.08 bits per heavy atom. The molecular formula is C15H18N8O. The molecule has 9 heteroatoms. The van der Waals surface area contributed by atoms with Crippen LogP contribution in [0.25, 0.3) is 17.1 Å². The minimum Gasteiger partial charge on any atom is -0.383 e. The second-order valence-corrected chi connectivity index (χ2v) is 5.24. The van der Waals surface area contributed by atoms with Crippen LogP contribution in [0.4, 0.5) is 11.8 Å². The number of nitrogens with two attached hydrogens (primary N) is 1. The van der Waals surface area contributed by atoms with Crippen molar-refractivity contribution in [1.29, 1.82) is 0 Å². The second-order valence-electron chi connectivity index (χ2n) is 5.24. The van der Waals surface area contributed by atoms with Crippen LogP contribution in [0.2, 0.25) is 0 Å². The van der Waals surface area contributed by atoms with Crippen molar-refractivity contribution in [2.24, 2.45) is 0 Å². The first kappa shape index (κ1) is 15.8. The molecule has 0 radical (unpaired) electrons. The van der Waals surface area contributed by atoms with Gasteiger partial charge < -0.3 is 15.8 Å². The lowest BCUT2D eigenvalue weighted by molar-refractivity contribution is 0.190. The van der Waals surface area contributed by atoms with E-state index < -0.39 is 0 Å². The standard InChI is InChI=1S/C15H18N8O/c1-10(9-24-2)18-15-17-8-12(13(16)19-15)14-20-21-22-23(14)11-6-4-3-5-7-11/h3-8,10H,9H2,1-2H3,(H3,16,17,18,19). The molecule has 0 aliphatic carbocycles. The first-order valence-corrected chi connectivity index (χ1v) is 7.41. The Morgan fingerprint density at radius 3 is 2.79 bits per heavy atom. The number of tetrazole rings is 1. The van der Waals surface area contributed by atoms with Crippen LogP contribution in [0.15, 0.2) is 36.5 Å². The molecule has 124 valence electrons. The van der Waals surface area contributed by atoms with Gasteiger partial charge in [-0.3, -0.25) is 0 Å². The highest BCUT2D eigenvalue weighted by atomic mass is 16.5. The van der Waals surface area contributed by atoms with Crippen LogP contribution in [-0.2, 0) is 4.74 Å². The summed E-state index contributed by atoms with van der Waals surface area (Å²) in [6.45, 7) is 2.50. The van der Waals surface area contributed by atoms with E-state index in [0.717, 1.165) is 5.69 Å². The maximum Gasteiger partial charge on any atom is 0.224 e. The number of benzene rings is 1. The van der Waals surface area contributed by atoms with Crippen LogP contribution < -0.4 is 11.1 Å². The minimum atomic E-state index is 0.0647. The van der Waals surface area contributed by atoms with Crippen molar-refractivity contribution in [3.8, 4) is 17.1 Å². The molecule has 3 N–H and O–H groups in total. The SMILES string of the molecule is COCC(C)Nc1ncc(-c2nnnn2-c2ccccc2)c(N)n1. The molecule has 0 saturated carbocycles. The Kier molecular flexibility index (Phi) is 4.62. The summed E-state index contributed by atoms with van der Waals surface area (Å²) in [5, 5.41) is 14.9. The van der Waals surface area contributed by atoms with Gasteiger partial charge in [0.15, 0.2) is 5.82 Å². The van der Waals surface area contributed by atoms with Crippen molar-refractivity contribution >= 4 is 11.8 Å². The zero-order valence-corrected chi connectivity index (χ0v) is 13.4. The monoisotopic (exact) mass is 326 g/mol. The van der Waals surface area contributed by atoms with Crippen LogP contribution in [0, 0.1) is 0 Å². The van der Waals surface area contributed by atoms with Gasteiger partial charge in [-0.15, -0.1) is 5.10 Å². The fraction of sp³-hybridized carbons (Fsp3) is 0.267. The molecule has 3 rings (SSSR count). The van der Waals surface area contributed by atoms with Gasteiger partial charge in [0.2, 0.25) is 5.95 Å². The van der Waals surface area contributed by atoms with Crippen LogP contribution in [0.3, 0.4) is 0 Å². The Hall–Kier alpha value is -3.07. The lowest BCUT2D eigenvalue weighted by atomic mass is 10.2. The van der Waals surface area contributed by atoms with Gasteiger partial charge in [0.05, 0.1) is 17.9 Å². The molecule has 0 amide bonds. The van der Waals surface area contributed by atoms with Crippen molar-refractivity contribution in [1.82, 2.24) is 30.2 Å². The molecule has 3 aromatic rings. The molecular weight excluding hydrogens is 308 g/mol. The number of para-hydroxylation sites is 1. The average Bonchev–Trinajstić information content (AvgIpc) is 3.05. The van der Waals surface area contributed by atoms with Gasteiger partial charge in [0.1, 0.15) is 5.82 Å². The van der Waals surface area contributed by atoms with E-state index in [1.54, 1.807) is 18.0 Å². The van der Waals surface area contributed by atoms with Crippen molar-refractivity contribution < 1.29 is 4.74 Å². The lowest BCUT2D eigenvalue weighted by Crippen LogP contribution is -2.22. The normalized spacial score (nSPS) is 12.1. The highest BCUT2D eigenvalue weighted by molar-refractivity contribution is 5.69. The third kappa shape index (κ3) is 3.30. The Morgan fingerprint density at radius 1 is 1.29 bits per heavy atom. The number of aromatic nitrogens is 6. The summed E-state index contributed by atoms with van der Waals surface area (Å²) in [7, 11) is 1.64. The Bertz CT molecular complexity index is 804. The molecule has 1 atom stereocenters. The predicted octanol–water partition coefficient (Wildman–Crippen LogP) is 1.15. The van der Waals surface area contributed by atoms with Crippen LogP contribution in [-0.4, -0.2) is 49.9 Å². The van der Waals surface area contributed by atoms with Gasteiger partial charge >= 0.3 is 0 Å². The first-order valence-electron chi connectivity index (χ1n) is 7.41. The average molecular weight is 326 g/mol. The zero-order valence-electron chi connectivity index (χ0n) is 13.4. The van der Waals surface area contributed by atoms with Crippen molar-refractivity contribution in [2.45, 2.75) is 13.0 Å². The summed E-state index contributed by atoms with van der Waals surface area (Å²) in [6.07, 6.45) is 1.61. The fourth-order valence-electron chi connectivity index (χ4n) is 2.25. The highest BCUT2D eigenvalue weighted by Gasteiger charge is 2.16. The highest BCUT2D eigenvalue weighted by Crippen LogP contribution is 2.24. The molecule has 1 aromatic carbocycles. The number of nitrogens with one attached hydrogen (secondary N) is 1. The number of nitrogen functional groups attached to an aromatic ring is 1. The van der Waals surface area contributed by atoms with E-state index in [-0.39, 0.29) is 6.04 Å². The molecule has 0 fully saturated rings. The number of rotatable bonds is 6. The molecule has 24 heavy (non-hydrogen) atoms. The van der Waals surface area contributed by atoms with Crippen LogP contribution in [0.5, 0.6) is 0 Å². The molecule has 0 aliphatic rings. The summed E-state index contributed by atoms with van der Waals surface area (Å²) in [5.74, 6) is 1.21. The van der Waals surface area contributed by atoms with Gasteiger partial charge in [-0.05, 0) is 29.5 Å².